The molecule has 0 bridgehead atoms. The minimum atomic E-state index is -0.404. The molecule has 0 aliphatic rings. The minimum absolute atomic E-state index is 0.163. The van der Waals surface area contributed by atoms with Crippen LogP contribution in [0, 0.1) is 19.3 Å². The maximum atomic E-state index is 13.5. The molecule has 216 valence electrons. The number of para-hydroxylation sites is 2. The molecule has 0 spiro atoms. The maximum Gasteiger partial charge on any atom is 0.252 e. The first-order valence-electron chi connectivity index (χ1n) is 14.2. The zero-order valence-electron chi connectivity index (χ0n) is 24.5. The molecular weight excluding hydrogens is 573 g/mol. The molecule has 2 N–H and O–H groups in total. The lowest BCUT2D eigenvalue weighted by molar-refractivity contribution is 0.0921. The van der Waals surface area contributed by atoms with Gasteiger partial charge in [0.15, 0.2) is 0 Å². The van der Waals surface area contributed by atoms with Gasteiger partial charge >= 0.3 is 0 Å². The highest BCUT2D eigenvalue weighted by atomic mass is 32.1. The summed E-state index contributed by atoms with van der Waals surface area (Å²) in [7, 11) is 0. The average molecular weight is 605 g/mol. The molecule has 4 aromatic heterocycles. The summed E-state index contributed by atoms with van der Waals surface area (Å²) >= 11 is 3.32. The quantitative estimate of drug-likeness (QED) is 0.184. The third-order valence-electron chi connectivity index (χ3n) is 7.36. The number of rotatable bonds is 8. The van der Waals surface area contributed by atoms with Gasteiger partial charge in [0.25, 0.3) is 11.8 Å². The Morgan fingerprint density at radius 3 is 1.47 bits per heavy atom. The summed E-state index contributed by atoms with van der Waals surface area (Å²) in [4.78, 5) is 41.2. The lowest BCUT2D eigenvalue weighted by atomic mass is 9.92. The number of hydrogen-bond donors (Lipinski definition) is 2. The van der Waals surface area contributed by atoms with Gasteiger partial charge in [-0.15, -0.1) is 22.7 Å². The molecule has 0 saturated carbocycles. The summed E-state index contributed by atoms with van der Waals surface area (Å²) < 4.78 is 0. The second-order valence-corrected chi connectivity index (χ2v) is 14.1. The summed E-state index contributed by atoms with van der Waals surface area (Å²) in [5.74, 6) is -0.327. The highest BCUT2D eigenvalue weighted by Gasteiger charge is 2.23. The van der Waals surface area contributed by atoms with Crippen LogP contribution in [0.25, 0.3) is 42.9 Å². The number of nitrogens with one attached hydrogen (secondary N) is 2. The lowest BCUT2D eigenvalue weighted by Crippen LogP contribution is -2.42. The number of amides is 2. The second kappa shape index (κ2) is 11.7. The molecule has 8 heteroatoms. The van der Waals surface area contributed by atoms with Crippen molar-refractivity contribution in [2.75, 3.05) is 13.1 Å². The number of aryl methyl sites for hydroxylation is 2. The number of aromatic nitrogens is 2. The molecule has 0 radical (unpaired) electrons. The van der Waals surface area contributed by atoms with Crippen LogP contribution in [0.1, 0.15) is 44.3 Å². The van der Waals surface area contributed by atoms with Crippen LogP contribution in [-0.4, -0.2) is 34.9 Å². The summed E-state index contributed by atoms with van der Waals surface area (Å²) in [5, 5.41) is 7.86. The van der Waals surface area contributed by atoms with Gasteiger partial charge in [-0.25, -0.2) is 9.97 Å². The van der Waals surface area contributed by atoms with Crippen molar-refractivity contribution in [1.82, 2.24) is 20.6 Å². The van der Waals surface area contributed by atoms with Gasteiger partial charge < -0.3 is 10.6 Å². The van der Waals surface area contributed by atoms with Gasteiger partial charge in [0.1, 0.15) is 0 Å². The summed E-state index contributed by atoms with van der Waals surface area (Å²) in [6.07, 6.45) is 0. The van der Waals surface area contributed by atoms with Gasteiger partial charge in [-0.1, -0.05) is 50.2 Å². The maximum absolute atomic E-state index is 13.5. The molecule has 0 saturated heterocycles. The van der Waals surface area contributed by atoms with Crippen molar-refractivity contribution >= 4 is 56.3 Å². The number of carbonyl (C=O) groups is 2. The van der Waals surface area contributed by atoms with E-state index in [0.29, 0.717) is 24.2 Å². The van der Waals surface area contributed by atoms with Crippen molar-refractivity contribution in [3.8, 4) is 21.1 Å². The van der Waals surface area contributed by atoms with E-state index in [1.165, 1.54) is 9.75 Å². The van der Waals surface area contributed by atoms with Crippen molar-refractivity contribution in [2.45, 2.75) is 27.7 Å². The predicted octanol–water partition coefficient (Wildman–Crippen LogP) is 8.04. The molecule has 6 rings (SSSR count). The lowest BCUT2D eigenvalue weighted by Gasteiger charge is -2.25. The summed E-state index contributed by atoms with van der Waals surface area (Å²) in [6.45, 7) is 8.94. The Kier molecular flexibility index (Phi) is 7.81. The van der Waals surface area contributed by atoms with Gasteiger partial charge in [0.2, 0.25) is 0 Å². The van der Waals surface area contributed by atoms with E-state index in [1.807, 2.05) is 86.6 Å². The summed E-state index contributed by atoms with van der Waals surface area (Å²) in [6, 6.07) is 27.4. The molecule has 43 heavy (non-hydrogen) atoms. The van der Waals surface area contributed by atoms with E-state index in [4.69, 9.17) is 9.97 Å². The third-order valence-corrected chi connectivity index (χ3v) is 9.41. The zero-order valence-corrected chi connectivity index (χ0v) is 26.2. The standard InChI is InChI=1S/C35H32N4O2S2/c1-21-13-15-31(42-21)29-17-25(23-9-5-7-11-27(23)38-29)33(40)36-19-35(3,4)20-37-34(41)26-18-30(32-16-14-22(2)43-32)39-28-12-8-6-10-24(26)28/h5-18H,19-20H2,1-4H3,(H,36,40)(H,37,41). The van der Waals surface area contributed by atoms with Crippen molar-refractivity contribution in [2.24, 2.45) is 5.41 Å². The van der Waals surface area contributed by atoms with Crippen molar-refractivity contribution < 1.29 is 9.59 Å². The predicted molar refractivity (Wildman–Crippen MR) is 178 cm³/mol. The average Bonchev–Trinajstić information content (AvgIpc) is 3.65. The van der Waals surface area contributed by atoms with Crippen LogP contribution >= 0.6 is 22.7 Å². The van der Waals surface area contributed by atoms with Gasteiger partial charge in [-0.3, -0.25) is 9.59 Å². The molecule has 6 aromatic rings. The number of benzene rings is 2. The van der Waals surface area contributed by atoms with Crippen molar-refractivity contribution in [1.29, 1.82) is 0 Å². The molecule has 0 unspecified atom stereocenters. The van der Waals surface area contributed by atoms with Crippen LogP contribution < -0.4 is 10.6 Å². The molecule has 6 nitrogen and oxygen atoms in total. The topological polar surface area (TPSA) is 84.0 Å². The van der Waals surface area contributed by atoms with Crippen molar-refractivity contribution in [3.63, 3.8) is 0 Å². The molecule has 2 aromatic carbocycles. The van der Waals surface area contributed by atoms with E-state index >= 15 is 0 Å². The van der Waals surface area contributed by atoms with E-state index < -0.39 is 5.41 Å². The first-order chi connectivity index (χ1) is 20.7. The largest absolute Gasteiger partial charge is 0.351 e. The second-order valence-electron chi connectivity index (χ2n) is 11.5. The normalized spacial score (nSPS) is 11.6. The molecule has 0 atom stereocenters. The van der Waals surface area contributed by atoms with Crippen LogP contribution in [0.2, 0.25) is 0 Å². The number of thiophene rings is 2. The monoisotopic (exact) mass is 604 g/mol. The fourth-order valence-corrected chi connectivity index (χ4v) is 6.67. The molecule has 2 amide bonds. The van der Waals surface area contributed by atoms with Crippen LogP contribution in [0.15, 0.2) is 84.9 Å². The van der Waals surface area contributed by atoms with E-state index in [-0.39, 0.29) is 11.8 Å². The van der Waals surface area contributed by atoms with Crippen molar-refractivity contribution in [3.05, 3.63) is 106 Å². The van der Waals surface area contributed by atoms with E-state index in [9.17, 15) is 9.59 Å². The number of fused-ring (bicyclic) bond motifs is 2. The summed E-state index contributed by atoms with van der Waals surface area (Å²) in [5.41, 5.74) is 3.91. The van der Waals surface area contributed by atoms with Crippen LogP contribution in [0.4, 0.5) is 0 Å². The smallest absolute Gasteiger partial charge is 0.252 e. The molecule has 0 fully saturated rings. The SMILES string of the molecule is Cc1ccc(-c2cc(C(=O)NCC(C)(C)CNC(=O)c3cc(-c4ccc(C)s4)nc4ccccc34)c3ccccc3n2)s1. The first-order valence-corrected chi connectivity index (χ1v) is 15.8. The highest BCUT2D eigenvalue weighted by molar-refractivity contribution is 7.15. The van der Waals surface area contributed by atoms with E-state index in [2.05, 4.69) is 36.6 Å². The Hall–Kier alpha value is -4.40. The number of nitrogens with zero attached hydrogens (tertiary/aromatic N) is 2. The van der Waals surface area contributed by atoms with E-state index in [0.717, 1.165) is 42.9 Å². The fraction of sp³-hybridized carbons (Fsp3) is 0.200. The van der Waals surface area contributed by atoms with Gasteiger partial charge in [0.05, 0.1) is 43.3 Å². The minimum Gasteiger partial charge on any atom is -0.351 e. The van der Waals surface area contributed by atoms with Crippen LogP contribution in [-0.2, 0) is 0 Å². The Morgan fingerprint density at radius 2 is 1.07 bits per heavy atom. The molecular formula is C35H32N4O2S2. The van der Waals surface area contributed by atoms with Gasteiger partial charge in [-0.05, 0) is 67.8 Å². The molecule has 0 aliphatic heterocycles. The molecule has 4 heterocycles. The number of hydrogen-bond acceptors (Lipinski definition) is 6. The van der Waals surface area contributed by atoms with Crippen LogP contribution in [0.5, 0.6) is 0 Å². The zero-order chi connectivity index (χ0) is 30.1. The molecule has 0 aliphatic carbocycles. The number of carbonyl (C=O) groups excluding carboxylic acids is 2. The van der Waals surface area contributed by atoms with Gasteiger partial charge in [0, 0.05) is 33.6 Å². The first kappa shape index (κ1) is 28.7. The van der Waals surface area contributed by atoms with E-state index in [1.54, 1.807) is 22.7 Å². The Bertz CT molecular complexity index is 1850. The van der Waals surface area contributed by atoms with Gasteiger partial charge in [-0.2, -0.15) is 0 Å². The Labute approximate surface area is 258 Å². The Morgan fingerprint density at radius 1 is 0.651 bits per heavy atom. The highest BCUT2D eigenvalue weighted by Crippen LogP contribution is 2.31. The van der Waals surface area contributed by atoms with Crippen LogP contribution in [0.3, 0.4) is 0 Å². The third kappa shape index (κ3) is 6.21. The fourth-order valence-electron chi connectivity index (χ4n) is 5.02. The number of pyridine rings is 2. The Balaban J connectivity index is 1.18.